The minimum atomic E-state index is -0.394. The Morgan fingerprint density at radius 2 is 1.78 bits per heavy atom. The van der Waals surface area contributed by atoms with Crippen LogP contribution in [0, 0.1) is 0 Å². The number of methoxy groups -OCH3 is 1. The zero-order valence-electron chi connectivity index (χ0n) is 14.5. The molecule has 0 saturated heterocycles. The van der Waals surface area contributed by atoms with Gasteiger partial charge in [0.05, 0.1) is 13.7 Å². The second-order valence-electron chi connectivity index (χ2n) is 5.43. The van der Waals surface area contributed by atoms with Crippen LogP contribution >= 0.6 is 11.3 Å². The number of hydrogen-bond acceptors (Lipinski definition) is 7. The molecule has 9 heteroatoms. The highest BCUT2D eigenvalue weighted by atomic mass is 32.1. The van der Waals surface area contributed by atoms with Crippen molar-refractivity contribution in [1.82, 2.24) is 25.6 Å². The molecule has 0 bridgehead atoms. The molecule has 0 aliphatic carbocycles. The van der Waals surface area contributed by atoms with Gasteiger partial charge in [0.15, 0.2) is 0 Å². The number of nitrogens with one attached hydrogen (secondary N) is 2. The molecule has 2 N–H and O–H groups in total. The number of benzene rings is 1. The summed E-state index contributed by atoms with van der Waals surface area (Å²) in [7, 11) is 1.58. The lowest BCUT2D eigenvalue weighted by Crippen LogP contribution is -2.27. The molecule has 3 aromatic rings. The van der Waals surface area contributed by atoms with E-state index in [1.54, 1.807) is 13.3 Å². The smallest absolute Gasteiger partial charge is 0.270 e. The number of hydrogen-bond donors (Lipinski definition) is 2. The van der Waals surface area contributed by atoms with E-state index in [0.29, 0.717) is 18.8 Å². The van der Waals surface area contributed by atoms with Crippen molar-refractivity contribution >= 4 is 23.2 Å². The Kier molecular flexibility index (Phi) is 6.06. The number of thiazole rings is 1. The second kappa shape index (κ2) is 8.86. The Balaban J connectivity index is 1.60. The lowest BCUT2D eigenvalue weighted by molar-refractivity contribution is 0.0944. The number of aromatic nitrogens is 3. The first-order valence-corrected chi connectivity index (χ1v) is 8.93. The molecular weight excluding hydrogens is 366 g/mol. The zero-order valence-corrected chi connectivity index (χ0v) is 15.3. The number of amides is 2. The van der Waals surface area contributed by atoms with Gasteiger partial charge in [0.1, 0.15) is 28.5 Å². The predicted molar refractivity (Wildman–Crippen MR) is 99.5 cm³/mol. The maximum Gasteiger partial charge on any atom is 0.270 e. The van der Waals surface area contributed by atoms with E-state index < -0.39 is 11.8 Å². The van der Waals surface area contributed by atoms with Gasteiger partial charge in [-0.05, 0) is 17.7 Å². The SMILES string of the molecule is COc1cccc(CNC(=O)c2cc(C(=O)NCc3nccs3)ncn2)c1. The molecule has 0 unspecified atom stereocenters. The Morgan fingerprint density at radius 3 is 2.44 bits per heavy atom. The number of carbonyl (C=O) groups excluding carboxylic acids is 2. The largest absolute Gasteiger partial charge is 0.497 e. The van der Waals surface area contributed by atoms with Gasteiger partial charge in [-0.1, -0.05) is 12.1 Å². The quantitative estimate of drug-likeness (QED) is 0.644. The minimum Gasteiger partial charge on any atom is -0.497 e. The molecular formula is C18H17N5O3S. The standard InChI is InChI=1S/C18H17N5O3S/c1-26-13-4-2-3-12(7-13)9-20-17(24)14-8-15(23-11-22-14)18(25)21-10-16-19-5-6-27-16/h2-8,11H,9-10H2,1H3,(H,20,24)(H,21,25). The molecule has 2 heterocycles. The third kappa shape index (κ3) is 5.08. The summed E-state index contributed by atoms with van der Waals surface area (Å²) < 4.78 is 5.16. The molecule has 0 aliphatic heterocycles. The summed E-state index contributed by atoms with van der Waals surface area (Å²) in [5.41, 5.74) is 1.12. The van der Waals surface area contributed by atoms with Crippen molar-refractivity contribution in [2.45, 2.75) is 13.1 Å². The fourth-order valence-corrected chi connectivity index (χ4v) is 2.80. The van der Waals surface area contributed by atoms with Crippen molar-refractivity contribution in [3.05, 3.63) is 70.2 Å². The van der Waals surface area contributed by atoms with Crippen LogP contribution in [0.2, 0.25) is 0 Å². The van der Waals surface area contributed by atoms with Crippen LogP contribution in [0.4, 0.5) is 0 Å². The van der Waals surface area contributed by atoms with Gasteiger partial charge in [-0.3, -0.25) is 9.59 Å². The second-order valence-corrected chi connectivity index (χ2v) is 6.41. The summed E-state index contributed by atoms with van der Waals surface area (Å²) >= 11 is 1.44. The van der Waals surface area contributed by atoms with Crippen LogP contribution in [0.25, 0.3) is 0 Å². The maximum atomic E-state index is 12.3. The fraction of sp³-hybridized carbons (Fsp3) is 0.167. The molecule has 0 radical (unpaired) electrons. The van der Waals surface area contributed by atoms with Crippen molar-refractivity contribution in [3.8, 4) is 5.75 Å². The lowest BCUT2D eigenvalue weighted by Gasteiger charge is -2.07. The average molecular weight is 383 g/mol. The summed E-state index contributed by atoms with van der Waals surface area (Å²) in [5, 5.41) is 8.09. The van der Waals surface area contributed by atoms with Gasteiger partial charge in [-0.25, -0.2) is 15.0 Å². The van der Waals surface area contributed by atoms with Crippen LogP contribution in [0.5, 0.6) is 5.75 Å². The van der Waals surface area contributed by atoms with E-state index in [-0.39, 0.29) is 11.4 Å². The molecule has 3 rings (SSSR count). The molecule has 138 valence electrons. The van der Waals surface area contributed by atoms with Crippen LogP contribution in [-0.4, -0.2) is 33.9 Å². The van der Waals surface area contributed by atoms with Gasteiger partial charge in [0, 0.05) is 24.2 Å². The molecule has 8 nitrogen and oxygen atoms in total. The molecule has 27 heavy (non-hydrogen) atoms. The van der Waals surface area contributed by atoms with Crippen LogP contribution in [0.15, 0.2) is 48.2 Å². The maximum absolute atomic E-state index is 12.3. The molecule has 0 saturated carbocycles. The monoisotopic (exact) mass is 383 g/mol. The van der Waals surface area contributed by atoms with Crippen molar-refractivity contribution in [2.24, 2.45) is 0 Å². The van der Waals surface area contributed by atoms with Gasteiger partial charge < -0.3 is 15.4 Å². The average Bonchev–Trinajstić information content (AvgIpc) is 3.24. The fourth-order valence-electron chi connectivity index (χ4n) is 2.25. The molecule has 0 spiro atoms. The van der Waals surface area contributed by atoms with Gasteiger partial charge in [-0.15, -0.1) is 11.3 Å². The Labute approximate surface area is 159 Å². The number of rotatable bonds is 7. The summed E-state index contributed by atoms with van der Waals surface area (Å²) in [4.78, 5) is 36.5. The molecule has 0 atom stereocenters. The van der Waals surface area contributed by atoms with E-state index in [0.717, 1.165) is 10.6 Å². The van der Waals surface area contributed by atoms with E-state index in [2.05, 4.69) is 25.6 Å². The van der Waals surface area contributed by atoms with Crippen molar-refractivity contribution < 1.29 is 14.3 Å². The summed E-state index contributed by atoms with van der Waals surface area (Å²) in [5.74, 6) is -0.0772. The first-order valence-electron chi connectivity index (χ1n) is 8.05. The highest BCUT2D eigenvalue weighted by Crippen LogP contribution is 2.12. The molecule has 0 fully saturated rings. The Bertz CT molecular complexity index is 930. The minimum absolute atomic E-state index is 0.118. The molecule has 2 amide bonds. The van der Waals surface area contributed by atoms with Crippen LogP contribution in [0.3, 0.4) is 0 Å². The molecule has 1 aromatic carbocycles. The Morgan fingerprint density at radius 1 is 1.04 bits per heavy atom. The van der Waals surface area contributed by atoms with E-state index >= 15 is 0 Å². The number of nitrogens with zero attached hydrogens (tertiary/aromatic N) is 3. The van der Waals surface area contributed by atoms with Gasteiger partial charge in [-0.2, -0.15) is 0 Å². The summed E-state index contributed by atoms with van der Waals surface area (Å²) in [6.45, 7) is 0.615. The van der Waals surface area contributed by atoms with Crippen molar-refractivity contribution in [2.75, 3.05) is 7.11 Å². The topological polar surface area (TPSA) is 106 Å². The van der Waals surface area contributed by atoms with Crippen molar-refractivity contribution in [3.63, 3.8) is 0 Å². The first kappa shape index (κ1) is 18.5. The summed E-state index contributed by atoms with van der Waals surface area (Å²) in [6.07, 6.45) is 2.86. The highest BCUT2D eigenvalue weighted by Gasteiger charge is 2.13. The Hall–Kier alpha value is -3.33. The lowest BCUT2D eigenvalue weighted by atomic mass is 10.2. The van der Waals surface area contributed by atoms with Gasteiger partial charge in [0.2, 0.25) is 0 Å². The molecule has 0 aliphatic rings. The van der Waals surface area contributed by atoms with E-state index in [1.165, 1.54) is 23.7 Å². The first-order chi connectivity index (χ1) is 13.2. The van der Waals surface area contributed by atoms with Gasteiger partial charge >= 0.3 is 0 Å². The normalized spacial score (nSPS) is 10.3. The zero-order chi connectivity index (χ0) is 19.1. The van der Waals surface area contributed by atoms with Gasteiger partial charge in [0.25, 0.3) is 11.8 Å². The van der Waals surface area contributed by atoms with Crippen LogP contribution in [0.1, 0.15) is 31.5 Å². The third-order valence-corrected chi connectivity index (χ3v) is 4.38. The summed E-state index contributed by atoms with van der Waals surface area (Å²) in [6, 6.07) is 8.73. The highest BCUT2D eigenvalue weighted by molar-refractivity contribution is 7.09. The van der Waals surface area contributed by atoms with Crippen molar-refractivity contribution in [1.29, 1.82) is 0 Å². The molecule has 2 aromatic heterocycles. The third-order valence-electron chi connectivity index (χ3n) is 3.60. The number of carbonyl (C=O) groups is 2. The van der Waals surface area contributed by atoms with E-state index in [4.69, 9.17) is 4.74 Å². The number of ether oxygens (including phenoxy) is 1. The van der Waals surface area contributed by atoms with E-state index in [9.17, 15) is 9.59 Å². The van der Waals surface area contributed by atoms with Crippen LogP contribution < -0.4 is 15.4 Å². The van der Waals surface area contributed by atoms with Crippen LogP contribution in [-0.2, 0) is 13.1 Å². The predicted octanol–water partition coefficient (Wildman–Crippen LogP) is 1.80. The van der Waals surface area contributed by atoms with E-state index in [1.807, 2.05) is 29.6 Å².